The lowest BCUT2D eigenvalue weighted by Gasteiger charge is -2.33. The number of hydrogen-bond acceptors (Lipinski definition) is 4. The highest BCUT2D eigenvalue weighted by Gasteiger charge is 2.37. The number of nitrogens with zero attached hydrogens (tertiary/aromatic N) is 1. The van der Waals surface area contributed by atoms with Crippen molar-refractivity contribution in [3.05, 3.63) is 65.2 Å². The minimum absolute atomic E-state index is 0.00223. The number of carbonyl (C=O) groups is 2. The molecule has 0 aromatic heterocycles. The van der Waals surface area contributed by atoms with Gasteiger partial charge in [0.25, 0.3) is 0 Å². The summed E-state index contributed by atoms with van der Waals surface area (Å²) in [6, 6.07) is 14.7. The largest absolute Gasteiger partial charge is 0.355 e. The Bertz CT molecular complexity index is 1140. The first kappa shape index (κ1) is 24.6. The topological polar surface area (TPSA) is 83.6 Å². The number of ketones is 1. The Morgan fingerprint density at radius 2 is 1.68 bits per heavy atom. The minimum Gasteiger partial charge on any atom is -0.355 e. The molecule has 1 heterocycles. The van der Waals surface area contributed by atoms with Gasteiger partial charge in [-0.25, -0.2) is 8.42 Å². The summed E-state index contributed by atoms with van der Waals surface area (Å²) < 4.78 is 27.5. The van der Waals surface area contributed by atoms with Crippen molar-refractivity contribution in [2.45, 2.75) is 62.7 Å². The molecule has 0 unspecified atom stereocenters. The molecule has 0 bridgehead atoms. The summed E-state index contributed by atoms with van der Waals surface area (Å²) in [5, 5.41) is 3.22. The van der Waals surface area contributed by atoms with Gasteiger partial charge in [-0.3, -0.25) is 9.59 Å². The van der Waals surface area contributed by atoms with Crippen LogP contribution in [-0.4, -0.2) is 44.0 Å². The van der Waals surface area contributed by atoms with Gasteiger partial charge in [0.1, 0.15) is 0 Å². The molecule has 6 nitrogen and oxygen atoms in total. The van der Waals surface area contributed by atoms with Gasteiger partial charge in [0.05, 0.1) is 4.90 Å². The summed E-state index contributed by atoms with van der Waals surface area (Å²) in [5.41, 5.74) is 3.03. The number of benzene rings is 2. The maximum absolute atomic E-state index is 13.0. The fraction of sp³-hybridized carbons (Fsp3) is 0.481. The lowest BCUT2D eigenvalue weighted by atomic mass is 9.78. The van der Waals surface area contributed by atoms with Gasteiger partial charge >= 0.3 is 0 Å². The van der Waals surface area contributed by atoms with E-state index in [9.17, 15) is 18.0 Å². The first-order valence-electron chi connectivity index (χ1n) is 12.2. The predicted molar refractivity (Wildman–Crippen MR) is 132 cm³/mol. The molecule has 2 aromatic carbocycles. The molecule has 1 saturated carbocycles. The maximum atomic E-state index is 13.0. The Morgan fingerprint density at radius 3 is 2.26 bits per heavy atom. The fourth-order valence-electron chi connectivity index (χ4n) is 5.36. The Balaban J connectivity index is 1.35. The summed E-state index contributed by atoms with van der Waals surface area (Å²) in [6.07, 6.45) is 5.52. The van der Waals surface area contributed by atoms with E-state index >= 15 is 0 Å². The van der Waals surface area contributed by atoms with Crippen LogP contribution in [0.5, 0.6) is 0 Å². The third-order valence-electron chi connectivity index (χ3n) is 7.52. The number of sulfonamides is 1. The summed E-state index contributed by atoms with van der Waals surface area (Å²) in [5.74, 6) is -0.248. The van der Waals surface area contributed by atoms with Crippen LogP contribution in [0.25, 0.3) is 0 Å². The van der Waals surface area contributed by atoms with Crippen molar-refractivity contribution in [1.82, 2.24) is 9.62 Å². The first-order valence-corrected chi connectivity index (χ1v) is 13.6. The molecule has 1 amide bonds. The van der Waals surface area contributed by atoms with Crippen LogP contribution in [0, 0.1) is 12.8 Å². The quantitative estimate of drug-likeness (QED) is 0.599. The van der Waals surface area contributed by atoms with E-state index in [2.05, 4.69) is 36.5 Å². The molecular formula is C27H34N2O4S. The lowest BCUT2D eigenvalue weighted by molar-refractivity contribution is -0.126. The number of nitrogens with one attached hydrogen (secondary N) is 1. The smallest absolute Gasteiger partial charge is 0.243 e. The monoisotopic (exact) mass is 482 g/mol. The van der Waals surface area contributed by atoms with Crippen LogP contribution in [0.4, 0.5) is 0 Å². The zero-order valence-corrected chi connectivity index (χ0v) is 20.9. The van der Waals surface area contributed by atoms with Crippen LogP contribution in [0.2, 0.25) is 0 Å². The summed E-state index contributed by atoms with van der Waals surface area (Å²) in [7, 11) is -3.64. The van der Waals surface area contributed by atoms with E-state index in [0.717, 1.165) is 12.8 Å². The maximum Gasteiger partial charge on any atom is 0.243 e. The Labute approximate surface area is 202 Å². The number of Topliss-reactive ketones (excluding diaryl/α,β-unsaturated/α-hetero) is 1. The molecule has 1 aliphatic heterocycles. The van der Waals surface area contributed by atoms with Crippen molar-refractivity contribution in [3.63, 3.8) is 0 Å². The van der Waals surface area contributed by atoms with E-state index < -0.39 is 10.0 Å². The van der Waals surface area contributed by atoms with Crippen LogP contribution in [0.3, 0.4) is 0 Å². The third kappa shape index (κ3) is 5.10. The first-order chi connectivity index (χ1) is 16.2. The molecule has 1 saturated heterocycles. The van der Waals surface area contributed by atoms with Gasteiger partial charge in [0, 0.05) is 36.5 Å². The molecule has 0 radical (unpaired) electrons. The molecule has 1 aliphatic carbocycles. The summed E-state index contributed by atoms with van der Waals surface area (Å²) in [4.78, 5) is 24.7. The Hall–Kier alpha value is -2.51. The minimum atomic E-state index is -3.64. The van der Waals surface area contributed by atoms with Gasteiger partial charge in [-0.15, -0.1) is 0 Å². The van der Waals surface area contributed by atoms with E-state index in [0.29, 0.717) is 38.0 Å². The van der Waals surface area contributed by atoms with Crippen molar-refractivity contribution in [1.29, 1.82) is 0 Å². The van der Waals surface area contributed by atoms with E-state index in [1.807, 2.05) is 0 Å². The number of piperidine rings is 1. The van der Waals surface area contributed by atoms with Crippen molar-refractivity contribution < 1.29 is 18.0 Å². The van der Waals surface area contributed by atoms with Crippen LogP contribution < -0.4 is 5.32 Å². The molecule has 0 atom stereocenters. The number of carbonyl (C=O) groups excluding carboxylic acids is 2. The predicted octanol–water partition coefficient (Wildman–Crippen LogP) is 4.23. The van der Waals surface area contributed by atoms with E-state index in [-0.39, 0.29) is 27.9 Å². The average Bonchev–Trinajstić information content (AvgIpc) is 3.33. The lowest BCUT2D eigenvalue weighted by Crippen LogP contribution is -2.45. The van der Waals surface area contributed by atoms with Crippen molar-refractivity contribution in [2.75, 3.05) is 19.6 Å². The van der Waals surface area contributed by atoms with Gasteiger partial charge in [-0.2, -0.15) is 4.31 Å². The van der Waals surface area contributed by atoms with Crippen molar-refractivity contribution in [2.24, 2.45) is 5.92 Å². The second-order valence-corrected chi connectivity index (χ2v) is 11.8. The van der Waals surface area contributed by atoms with E-state index in [4.69, 9.17) is 0 Å². The van der Waals surface area contributed by atoms with Crippen LogP contribution >= 0.6 is 0 Å². The molecule has 1 N–H and O–H groups in total. The number of amides is 1. The molecule has 2 aromatic rings. The van der Waals surface area contributed by atoms with Gasteiger partial charge in [-0.1, -0.05) is 54.8 Å². The van der Waals surface area contributed by atoms with Gasteiger partial charge in [-0.05, 0) is 57.2 Å². The van der Waals surface area contributed by atoms with Gasteiger partial charge in [0.2, 0.25) is 15.9 Å². The SMILES string of the molecule is CC(=O)c1ccc(S(=O)(=O)N2CCC(C(=O)NCC3(c4cccc(C)c4)CCCC3)CC2)cc1. The van der Waals surface area contributed by atoms with Gasteiger partial charge in [0.15, 0.2) is 5.78 Å². The third-order valence-corrected chi connectivity index (χ3v) is 9.43. The molecule has 0 spiro atoms. The highest BCUT2D eigenvalue weighted by molar-refractivity contribution is 7.89. The van der Waals surface area contributed by atoms with Gasteiger partial charge < -0.3 is 5.32 Å². The van der Waals surface area contributed by atoms with Crippen molar-refractivity contribution >= 4 is 21.7 Å². The molecule has 182 valence electrons. The van der Waals surface area contributed by atoms with Crippen LogP contribution in [0.15, 0.2) is 53.4 Å². The molecule has 2 aliphatic rings. The number of aryl methyl sites for hydroxylation is 1. The molecule has 4 rings (SSSR count). The average molecular weight is 483 g/mol. The Morgan fingerprint density at radius 1 is 1.03 bits per heavy atom. The molecule has 34 heavy (non-hydrogen) atoms. The second kappa shape index (κ2) is 10.0. The molecule has 2 fully saturated rings. The standard InChI is InChI=1S/C27H34N2O4S/c1-20-6-5-7-24(18-20)27(14-3-4-15-27)19-28-26(31)23-12-16-29(17-13-23)34(32,33)25-10-8-22(9-11-25)21(2)30/h5-11,18,23H,3-4,12-17,19H2,1-2H3,(H,28,31). The van der Waals surface area contributed by atoms with Crippen molar-refractivity contribution in [3.8, 4) is 0 Å². The molecule has 7 heteroatoms. The summed E-state index contributed by atoms with van der Waals surface area (Å²) >= 11 is 0. The fourth-order valence-corrected chi connectivity index (χ4v) is 6.83. The zero-order chi connectivity index (χ0) is 24.3. The highest BCUT2D eigenvalue weighted by atomic mass is 32.2. The normalized spacial score (nSPS) is 19.1. The van der Waals surface area contributed by atoms with Crippen LogP contribution in [0.1, 0.15) is 66.9 Å². The Kier molecular flexibility index (Phi) is 7.24. The number of hydrogen-bond donors (Lipinski definition) is 1. The van der Waals surface area contributed by atoms with E-state index in [1.165, 1.54) is 47.3 Å². The second-order valence-electron chi connectivity index (χ2n) is 9.83. The number of rotatable bonds is 7. The molecular weight excluding hydrogens is 448 g/mol. The zero-order valence-electron chi connectivity index (χ0n) is 20.0. The summed E-state index contributed by atoms with van der Waals surface area (Å²) in [6.45, 7) is 4.82. The van der Waals surface area contributed by atoms with E-state index in [1.54, 1.807) is 12.1 Å². The highest BCUT2D eigenvalue weighted by Crippen LogP contribution is 2.41. The van der Waals surface area contributed by atoms with Crippen LogP contribution in [-0.2, 0) is 20.2 Å².